The normalized spacial score (nSPS) is 45.7. The second kappa shape index (κ2) is 13.8. The summed E-state index contributed by atoms with van der Waals surface area (Å²) in [7, 11) is 1.59. The number of hydrogen-bond donors (Lipinski definition) is 10. The van der Waals surface area contributed by atoms with E-state index in [0.717, 1.165) is 0 Å². The van der Waals surface area contributed by atoms with Crippen molar-refractivity contribution in [2.24, 2.45) is 23.1 Å². The monoisotopic (exact) mass is 603 g/mol. The third kappa shape index (κ3) is 7.31. The van der Waals surface area contributed by atoms with E-state index >= 15 is 0 Å². The molecule has 3 unspecified atom stereocenters. The van der Waals surface area contributed by atoms with Crippen LogP contribution >= 0.6 is 0 Å². The van der Waals surface area contributed by atoms with Crippen LogP contribution in [0.3, 0.4) is 0 Å². The molecule has 2 heterocycles. The molecule has 0 aromatic rings. The molecule has 0 aromatic carbocycles. The highest BCUT2D eigenvalue weighted by Gasteiger charge is 2.58. The number of nitrogens with one attached hydrogen (secondary N) is 2. The predicted octanol–water partition coefficient (Wildman–Crippen LogP) is -4.13. The maximum atomic E-state index is 13.0. The Labute approximate surface area is 245 Å². The van der Waals surface area contributed by atoms with E-state index in [1.807, 2.05) is 6.08 Å². The lowest BCUT2D eigenvalue weighted by molar-refractivity contribution is -0.308. The molecule has 1 saturated heterocycles. The molecule has 0 radical (unpaired) electrons. The van der Waals surface area contributed by atoms with Crippen LogP contribution in [-0.4, -0.2) is 137 Å². The van der Waals surface area contributed by atoms with Gasteiger partial charge >= 0.3 is 0 Å². The number of aliphatic hydroxyl groups is 5. The second-order valence-corrected chi connectivity index (χ2v) is 12.3. The summed E-state index contributed by atoms with van der Waals surface area (Å²) in [5.41, 5.74) is 15.5. The minimum atomic E-state index is -1.62. The number of Topliss-reactive ketones (excluding diaryl/α,β-unsaturated/α-hetero) is 1. The zero-order valence-corrected chi connectivity index (χ0v) is 24.3. The van der Waals surface area contributed by atoms with E-state index in [4.69, 9.17) is 41.3 Å². The lowest BCUT2D eigenvalue weighted by Crippen LogP contribution is -2.67. The smallest absolute Gasteiger partial charge is 0.215 e. The van der Waals surface area contributed by atoms with Gasteiger partial charge in [-0.3, -0.25) is 4.79 Å². The number of nitrogens with two attached hydrogens (primary N) is 3. The first-order valence-corrected chi connectivity index (χ1v) is 14.7. The Kier molecular flexibility index (Phi) is 11.0. The van der Waals surface area contributed by atoms with Gasteiger partial charge in [0.05, 0.1) is 31.3 Å². The summed E-state index contributed by atoms with van der Waals surface area (Å²) >= 11 is 0. The van der Waals surface area contributed by atoms with Crippen molar-refractivity contribution in [1.82, 2.24) is 10.6 Å². The topological polar surface area (TPSA) is 257 Å². The van der Waals surface area contributed by atoms with Gasteiger partial charge in [-0.1, -0.05) is 0 Å². The van der Waals surface area contributed by atoms with Crippen LogP contribution < -0.4 is 27.8 Å². The van der Waals surface area contributed by atoms with E-state index in [2.05, 4.69) is 10.6 Å². The molecule has 0 amide bonds. The van der Waals surface area contributed by atoms with Crippen molar-refractivity contribution in [3.63, 3.8) is 0 Å². The molecule has 2 aliphatic carbocycles. The van der Waals surface area contributed by atoms with Crippen molar-refractivity contribution >= 4 is 5.78 Å². The van der Waals surface area contributed by atoms with Crippen molar-refractivity contribution < 1.29 is 49.3 Å². The highest BCUT2D eigenvalue weighted by Crippen LogP contribution is 2.41. The van der Waals surface area contributed by atoms with E-state index in [0.29, 0.717) is 31.7 Å². The number of likely N-dealkylation sites (N-methyl/N-ethyl adjacent to an activating group) is 1. The molecular weight excluding hydrogens is 554 g/mol. The van der Waals surface area contributed by atoms with Gasteiger partial charge in [0.25, 0.3) is 0 Å². The average Bonchev–Trinajstić information content (AvgIpc) is 3.56. The van der Waals surface area contributed by atoms with E-state index in [1.165, 1.54) is 6.92 Å². The summed E-state index contributed by atoms with van der Waals surface area (Å²) in [5, 5.41) is 58.8. The molecule has 4 aliphatic rings. The highest BCUT2D eigenvalue weighted by atomic mass is 16.7. The zero-order valence-electron chi connectivity index (χ0n) is 24.3. The fraction of sp³-hybridized carbons (Fsp3) is 0.889. The number of carbonyl (C=O) groups is 1. The fourth-order valence-electron chi connectivity index (χ4n) is 6.12. The standard InChI is InChI=1S/C27H49N5O10/c1-26(37)12-39-25(20(36)23(26)31-2)41-21-13(9-18(34)27(38)10-17(27)30)8-16(29)22(19(21)35)42-24-15(28)5-4-14(40-24)11-32-6-3-7-33/h4,13,15-17,19-25,31-33,35-38H,3,5-12,28-30H2,1-2H3/t13-,15+,16-,17?,19+,20+,21-,22?,23+,24+,25+,26-,27?/m0/s1. The number of rotatable bonds is 13. The molecule has 3 fully saturated rings. The van der Waals surface area contributed by atoms with E-state index in [-0.39, 0.29) is 32.5 Å². The summed E-state index contributed by atoms with van der Waals surface area (Å²) < 4.78 is 24.0. The maximum Gasteiger partial charge on any atom is 0.215 e. The predicted molar refractivity (Wildman–Crippen MR) is 148 cm³/mol. The van der Waals surface area contributed by atoms with Crippen LogP contribution in [-0.2, 0) is 23.7 Å². The second-order valence-electron chi connectivity index (χ2n) is 12.3. The zero-order chi connectivity index (χ0) is 30.8. The molecule has 4 rings (SSSR count). The van der Waals surface area contributed by atoms with Gasteiger partial charge in [0.1, 0.15) is 35.3 Å². The molecule has 13 atom stereocenters. The van der Waals surface area contributed by atoms with Gasteiger partial charge in [0, 0.05) is 31.5 Å². The van der Waals surface area contributed by atoms with E-state index < -0.39 is 84.1 Å². The van der Waals surface area contributed by atoms with Crippen LogP contribution in [0.4, 0.5) is 0 Å². The Bertz CT molecular complexity index is 958. The Morgan fingerprint density at radius 2 is 1.81 bits per heavy atom. The molecule has 0 spiro atoms. The molecule has 13 N–H and O–H groups in total. The molecule has 0 bridgehead atoms. The Hall–Kier alpha value is -1.31. The third-order valence-electron chi connectivity index (χ3n) is 8.82. The fourth-order valence-corrected chi connectivity index (χ4v) is 6.12. The summed E-state index contributed by atoms with van der Waals surface area (Å²) in [6, 6.07) is -2.76. The van der Waals surface area contributed by atoms with E-state index in [9.17, 15) is 25.2 Å². The number of carbonyl (C=O) groups excluding carboxylic acids is 1. The van der Waals surface area contributed by atoms with Gasteiger partial charge in [-0.15, -0.1) is 0 Å². The summed E-state index contributed by atoms with van der Waals surface area (Å²) in [5.74, 6) is -0.542. The number of ketones is 1. The molecule has 2 aliphatic heterocycles. The van der Waals surface area contributed by atoms with Crippen LogP contribution in [0.15, 0.2) is 11.8 Å². The Morgan fingerprint density at radius 1 is 1.12 bits per heavy atom. The van der Waals surface area contributed by atoms with Gasteiger partial charge in [-0.25, -0.2) is 0 Å². The minimum Gasteiger partial charge on any atom is -0.467 e. The summed E-state index contributed by atoms with van der Waals surface area (Å²) in [6.45, 7) is 2.43. The van der Waals surface area contributed by atoms with Crippen molar-refractivity contribution in [3.8, 4) is 0 Å². The van der Waals surface area contributed by atoms with Crippen molar-refractivity contribution in [1.29, 1.82) is 0 Å². The summed E-state index contributed by atoms with van der Waals surface area (Å²) in [4.78, 5) is 13.0. The van der Waals surface area contributed by atoms with Crippen LogP contribution in [0.25, 0.3) is 0 Å². The largest absolute Gasteiger partial charge is 0.467 e. The molecule has 42 heavy (non-hydrogen) atoms. The van der Waals surface area contributed by atoms with Crippen LogP contribution in [0.2, 0.25) is 0 Å². The molecule has 15 heteroatoms. The number of ether oxygens (including phenoxy) is 4. The first-order chi connectivity index (χ1) is 19.8. The average molecular weight is 604 g/mol. The van der Waals surface area contributed by atoms with Gasteiger partial charge < -0.3 is 72.3 Å². The molecule has 15 nitrogen and oxygen atoms in total. The highest BCUT2D eigenvalue weighted by molar-refractivity contribution is 5.91. The minimum absolute atomic E-state index is 0.0702. The quantitative estimate of drug-likeness (QED) is 0.0897. The van der Waals surface area contributed by atoms with Gasteiger partial charge in [0.2, 0.25) is 6.29 Å². The SMILES string of the molecule is CN[C@@H]1[C@@H](O)[C@@H](O[C@H]2[C@H](CC(=O)C3(O)CC3N)C[C@H](N)C(O[C@H]3OC(CNCCCO)=CC[C@H]3N)[C@@H]2O)OC[C@]1(C)O. The first-order valence-electron chi connectivity index (χ1n) is 14.7. The molecule has 242 valence electrons. The molecule has 2 saturated carbocycles. The van der Waals surface area contributed by atoms with E-state index in [1.54, 1.807) is 7.05 Å². The maximum absolute atomic E-state index is 13.0. The van der Waals surface area contributed by atoms with Crippen LogP contribution in [0.5, 0.6) is 0 Å². The summed E-state index contributed by atoms with van der Waals surface area (Å²) in [6.07, 6.45) is -3.97. The third-order valence-corrected chi connectivity index (χ3v) is 8.82. The lowest BCUT2D eigenvalue weighted by Gasteiger charge is -2.48. The molecule has 0 aromatic heterocycles. The van der Waals surface area contributed by atoms with Crippen LogP contribution in [0, 0.1) is 5.92 Å². The van der Waals surface area contributed by atoms with Crippen molar-refractivity contribution in [2.75, 3.05) is 33.4 Å². The Morgan fingerprint density at radius 3 is 2.45 bits per heavy atom. The Balaban J connectivity index is 1.49. The van der Waals surface area contributed by atoms with Gasteiger partial charge in [-0.05, 0) is 51.8 Å². The lowest BCUT2D eigenvalue weighted by atomic mass is 9.76. The van der Waals surface area contributed by atoms with Crippen LogP contribution in [0.1, 0.15) is 39.0 Å². The first kappa shape index (κ1) is 33.6. The van der Waals surface area contributed by atoms with Crippen molar-refractivity contribution in [3.05, 3.63) is 11.8 Å². The van der Waals surface area contributed by atoms with Gasteiger partial charge in [0.15, 0.2) is 12.1 Å². The number of aliphatic hydroxyl groups excluding tert-OH is 3. The number of hydrogen-bond acceptors (Lipinski definition) is 15. The van der Waals surface area contributed by atoms with Gasteiger partial charge in [-0.2, -0.15) is 0 Å². The van der Waals surface area contributed by atoms with Crippen molar-refractivity contribution in [2.45, 2.75) is 111 Å². The molecular formula is C27H49N5O10.